The summed E-state index contributed by atoms with van der Waals surface area (Å²) in [5.74, 6) is -0.952. The van der Waals surface area contributed by atoms with Gasteiger partial charge in [0.05, 0.1) is 10.6 Å². The third-order valence-electron chi connectivity index (χ3n) is 6.70. The summed E-state index contributed by atoms with van der Waals surface area (Å²) >= 11 is 16.0. The number of nitrogens with zero attached hydrogens (tertiary/aromatic N) is 2. The molecule has 0 fully saturated rings. The van der Waals surface area contributed by atoms with E-state index in [1.165, 1.54) is 17.0 Å². The van der Waals surface area contributed by atoms with E-state index in [-0.39, 0.29) is 23.8 Å². The van der Waals surface area contributed by atoms with E-state index in [2.05, 4.69) is 21.2 Å². The number of halogens is 3. The monoisotopic (exact) mass is 701 g/mol. The van der Waals surface area contributed by atoms with Gasteiger partial charge in [0.2, 0.25) is 11.8 Å². The van der Waals surface area contributed by atoms with Gasteiger partial charge in [-0.1, -0.05) is 93.7 Å². The fourth-order valence-electron chi connectivity index (χ4n) is 4.54. The van der Waals surface area contributed by atoms with Gasteiger partial charge in [0, 0.05) is 34.0 Å². The second kappa shape index (κ2) is 14.9. The van der Waals surface area contributed by atoms with Crippen LogP contribution < -0.4 is 9.62 Å². The molecule has 0 aliphatic carbocycles. The Kier molecular flexibility index (Phi) is 11.3. The summed E-state index contributed by atoms with van der Waals surface area (Å²) in [7, 11) is -4.17. The van der Waals surface area contributed by atoms with Crippen molar-refractivity contribution in [2.75, 3.05) is 17.4 Å². The highest BCUT2D eigenvalue weighted by atomic mass is 79.9. The maximum absolute atomic E-state index is 14.4. The van der Waals surface area contributed by atoms with Crippen LogP contribution in [0.1, 0.15) is 18.1 Å². The number of rotatable bonds is 12. The van der Waals surface area contributed by atoms with Crippen molar-refractivity contribution in [3.8, 4) is 0 Å². The highest BCUT2D eigenvalue weighted by Gasteiger charge is 2.34. The number of likely N-dealkylation sites (N-methyl/N-ethyl adjacent to an activating group) is 1. The molecule has 0 unspecified atom stereocenters. The number of hydrogen-bond acceptors (Lipinski definition) is 4. The van der Waals surface area contributed by atoms with Gasteiger partial charge in [-0.25, -0.2) is 8.42 Å². The zero-order valence-corrected chi connectivity index (χ0v) is 27.2. The first kappa shape index (κ1) is 32.5. The van der Waals surface area contributed by atoms with Crippen LogP contribution in [0.2, 0.25) is 10.0 Å². The first-order chi connectivity index (χ1) is 20.6. The first-order valence-corrected chi connectivity index (χ1v) is 16.5. The van der Waals surface area contributed by atoms with Crippen LogP contribution in [0.25, 0.3) is 0 Å². The molecule has 0 heterocycles. The van der Waals surface area contributed by atoms with Crippen molar-refractivity contribution in [1.82, 2.24) is 10.2 Å². The molecule has 0 bridgehead atoms. The molecule has 0 radical (unpaired) electrons. The lowest BCUT2D eigenvalue weighted by Crippen LogP contribution is -2.53. The molecule has 0 saturated carbocycles. The third-order valence-corrected chi connectivity index (χ3v) is 9.61. The number of amides is 2. The molecule has 0 spiro atoms. The van der Waals surface area contributed by atoms with Crippen LogP contribution in [0.15, 0.2) is 112 Å². The molecule has 0 saturated heterocycles. The van der Waals surface area contributed by atoms with Crippen LogP contribution >= 0.6 is 39.1 Å². The first-order valence-electron chi connectivity index (χ1n) is 13.5. The average Bonchev–Trinajstić information content (AvgIpc) is 3.00. The van der Waals surface area contributed by atoms with E-state index < -0.39 is 28.5 Å². The van der Waals surface area contributed by atoms with Crippen molar-refractivity contribution >= 4 is 66.7 Å². The summed E-state index contributed by atoms with van der Waals surface area (Å²) in [6.07, 6.45) is 0.202. The maximum Gasteiger partial charge on any atom is 0.264 e. The van der Waals surface area contributed by atoms with E-state index in [0.29, 0.717) is 27.8 Å². The van der Waals surface area contributed by atoms with E-state index in [1.54, 1.807) is 67.6 Å². The Labute approximate surface area is 270 Å². The van der Waals surface area contributed by atoms with Crippen LogP contribution in [0, 0.1) is 0 Å². The Morgan fingerprint density at radius 1 is 0.884 bits per heavy atom. The lowest BCUT2D eigenvalue weighted by Gasteiger charge is -2.34. The lowest BCUT2D eigenvalue weighted by molar-refractivity contribution is -0.140. The predicted molar refractivity (Wildman–Crippen MR) is 175 cm³/mol. The second-order valence-electron chi connectivity index (χ2n) is 9.66. The van der Waals surface area contributed by atoms with Gasteiger partial charge in [0.15, 0.2) is 0 Å². The molecule has 2 amide bonds. The lowest BCUT2D eigenvalue weighted by atomic mass is 10.0. The summed E-state index contributed by atoms with van der Waals surface area (Å²) < 4.78 is 29.7. The fraction of sp³-hybridized carbons (Fsp3) is 0.188. The normalized spacial score (nSPS) is 11.9. The van der Waals surface area contributed by atoms with Gasteiger partial charge in [0.25, 0.3) is 10.0 Å². The molecule has 1 atom stereocenters. The van der Waals surface area contributed by atoms with Crippen molar-refractivity contribution in [3.05, 3.63) is 129 Å². The smallest absolute Gasteiger partial charge is 0.264 e. The van der Waals surface area contributed by atoms with E-state index >= 15 is 0 Å². The Bertz CT molecular complexity index is 1660. The molecule has 224 valence electrons. The Hall–Kier alpha value is -3.37. The SMILES string of the molecule is CCNC(=O)[C@H](Cc1ccccc1)N(Cc1ccc(Cl)cc1Cl)C(=O)CN(c1ccc(Br)cc1)S(=O)(=O)c1ccccc1. The van der Waals surface area contributed by atoms with Gasteiger partial charge in [-0.3, -0.25) is 13.9 Å². The Morgan fingerprint density at radius 3 is 2.12 bits per heavy atom. The molecule has 0 aromatic heterocycles. The van der Waals surface area contributed by atoms with Crippen molar-refractivity contribution in [3.63, 3.8) is 0 Å². The minimum atomic E-state index is -4.17. The van der Waals surface area contributed by atoms with Gasteiger partial charge < -0.3 is 10.2 Å². The largest absolute Gasteiger partial charge is 0.355 e. The van der Waals surface area contributed by atoms with E-state index in [4.69, 9.17) is 23.2 Å². The summed E-state index contributed by atoms with van der Waals surface area (Å²) in [6, 6.07) is 27.8. The van der Waals surface area contributed by atoms with Crippen molar-refractivity contribution < 1.29 is 18.0 Å². The van der Waals surface area contributed by atoms with Crippen LogP contribution in [0.5, 0.6) is 0 Å². The molecular formula is C32H30BrCl2N3O4S. The maximum atomic E-state index is 14.4. The van der Waals surface area contributed by atoms with Gasteiger partial charge >= 0.3 is 0 Å². The minimum Gasteiger partial charge on any atom is -0.355 e. The van der Waals surface area contributed by atoms with Gasteiger partial charge in [-0.05, 0) is 66.6 Å². The Balaban J connectivity index is 1.80. The summed E-state index contributed by atoms with van der Waals surface area (Å²) in [5, 5.41) is 3.58. The molecule has 43 heavy (non-hydrogen) atoms. The van der Waals surface area contributed by atoms with Crippen molar-refractivity contribution in [1.29, 1.82) is 0 Å². The summed E-state index contributed by atoms with van der Waals surface area (Å²) in [6.45, 7) is 1.53. The molecule has 11 heteroatoms. The van der Waals surface area contributed by atoms with Crippen LogP contribution in [0.3, 0.4) is 0 Å². The molecule has 7 nitrogen and oxygen atoms in total. The fourth-order valence-corrected chi connectivity index (χ4v) is 6.70. The highest BCUT2D eigenvalue weighted by molar-refractivity contribution is 9.10. The van der Waals surface area contributed by atoms with Crippen LogP contribution in [-0.2, 0) is 32.6 Å². The number of carbonyl (C=O) groups is 2. The number of benzene rings is 4. The molecular weight excluding hydrogens is 673 g/mol. The van der Waals surface area contributed by atoms with Gasteiger partial charge in [0.1, 0.15) is 12.6 Å². The van der Waals surface area contributed by atoms with Gasteiger partial charge in [-0.2, -0.15) is 0 Å². The molecule has 4 rings (SSSR count). The number of nitrogens with one attached hydrogen (secondary N) is 1. The average molecular weight is 703 g/mol. The van der Waals surface area contributed by atoms with Crippen LogP contribution in [-0.4, -0.2) is 44.3 Å². The standard InChI is InChI=1S/C32H30BrCl2N3O4S/c1-2-36-32(40)30(19-23-9-5-3-6-10-23)37(21-24-13-16-26(34)20-29(24)35)31(39)22-38(27-17-14-25(33)15-18-27)43(41,42)28-11-7-4-8-12-28/h3-18,20,30H,2,19,21-22H2,1H3,(H,36,40)/t30-/m0/s1. The van der Waals surface area contributed by atoms with E-state index in [9.17, 15) is 18.0 Å². The number of carbonyl (C=O) groups excluding carboxylic acids is 2. The highest BCUT2D eigenvalue weighted by Crippen LogP contribution is 2.28. The zero-order chi connectivity index (χ0) is 31.0. The summed E-state index contributed by atoms with van der Waals surface area (Å²) in [5.41, 5.74) is 1.69. The van der Waals surface area contributed by atoms with Crippen LogP contribution in [0.4, 0.5) is 5.69 Å². The topological polar surface area (TPSA) is 86.8 Å². The number of anilines is 1. The molecule has 4 aromatic carbocycles. The molecule has 0 aliphatic heterocycles. The van der Waals surface area contributed by atoms with E-state index in [0.717, 1.165) is 14.3 Å². The van der Waals surface area contributed by atoms with Crippen molar-refractivity contribution in [2.24, 2.45) is 0 Å². The summed E-state index contributed by atoms with van der Waals surface area (Å²) in [4.78, 5) is 29.3. The molecule has 1 N–H and O–H groups in total. The van der Waals surface area contributed by atoms with Gasteiger partial charge in [-0.15, -0.1) is 0 Å². The number of hydrogen-bond donors (Lipinski definition) is 1. The quantitative estimate of drug-likeness (QED) is 0.178. The minimum absolute atomic E-state index is 0.0302. The second-order valence-corrected chi connectivity index (χ2v) is 13.3. The molecule has 4 aromatic rings. The Morgan fingerprint density at radius 2 is 1.51 bits per heavy atom. The van der Waals surface area contributed by atoms with E-state index in [1.807, 2.05) is 30.3 Å². The number of sulfonamides is 1. The predicted octanol–water partition coefficient (Wildman–Crippen LogP) is 6.73. The zero-order valence-electron chi connectivity index (χ0n) is 23.3. The molecule has 0 aliphatic rings. The third kappa shape index (κ3) is 8.38. The van der Waals surface area contributed by atoms with Crippen molar-refractivity contribution in [2.45, 2.75) is 30.8 Å².